The average molecular weight is 444 g/mol. The van der Waals surface area contributed by atoms with Crippen LogP contribution in [0.15, 0.2) is 47.1 Å². The summed E-state index contributed by atoms with van der Waals surface area (Å²) >= 11 is 0. The van der Waals surface area contributed by atoms with E-state index in [1.54, 1.807) is 11.0 Å². The Hall–Kier alpha value is -3.75. The topological polar surface area (TPSA) is 104 Å². The normalized spacial score (nSPS) is 19.8. The molecule has 1 aromatic carbocycles. The minimum atomic E-state index is -0.622. The van der Waals surface area contributed by atoms with E-state index >= 15 is 0 Å². The predicted octanol–water partition coefficient (Wildman–Crippen LogP) is 2.71. The molecule has 1 saturated carbocycles. The third kappa shape index (κ3) is 3.63. The fourth-order valence-corrected chi connectivity index (χ4v) is 4.70. The van der Waals surface area contributed by atoms with Crippen LogP contribution in [-0.2, 0) is 11.3 Å². The number of hydrogen-bond acceptors (Lipinski definition) is 7. The van der Waals surface area contributed by atoms with Crippen molar-refractivity contribution in [2.45, 2.75) is 44.3 Å². The van der Waals surface area contributed by atoms with Crippen molar-refractivity contribution in [3.63, 3.8) is 0 Å². The number of carbonyl (C=O) groups excluding carboxylic acids is 2. The number of hydrogen-bond donors (Lipinski definition) is 1. The van der Waals surface area contributed by atoms with Gasteiger partial charge in [0, 0.05) is 24.7 Å². The van der Waals surface area contributed by atoms with Gasteiger partial charge in [-0.25, -0.2) is 0 Å². The van der Waals surface area contributed by atoms with E-state index < -0.39 is 6.04 Å². The minimum Gasteiger partial charge on any atom is -0.370 e. The van der Waals surface area contributed by atoms with Crippen LogP contribution in [-0.4, -0.2) is 51.0 Å². The fourth-order valence-electron chi connectivity index (χ4n) is 4.70. The minimum absolute atomic E-state index is 0.0724. The van der Waals surface area contributed by atoms with E-state index in [9.17, 15) is 9.59 Å². The van der Waals surface area contributed by atoms with E-state index in [1.165, 1.54) is 12.8 Å². The summed E-state index contributed by atoms with van der Waals surface area (Å²) in [4.78, 5) is 38.8. The largest absolute Gasteiger partial charge is 0.370 e. The first-order valence-electron chi connectivity index (χ1n) is 11.4. The van der Waals surface area contributed by atoms with E-state index in [2.05, 4.69) is 25.3 Å². The smallest absolute Gasteiger partial charge is 0.255 e. The Morgan fingerprint density at radius 3 is 2.70 bits per heavy atom. The number of rotatable bonds is 6. The van der Waals surface area contributed by atoms with Gasteiger partial charge >= 0.3 is 0 Å². The summed E-state index contributed by atoms with van der Waals surface area (Å²) in [6.07, 6.45) is 6.11. The molecule has 2 aromatic heterocycles. The highest BCUT2D eigenvalue weighted by Crippen LogP contribution is 2.41. The van der Waals surface area contributed by atoms with Gasteiger partial charge in [-0.2, -0.15) is 4.98 Å². The number of fused-ring (bicyclic) bond motifs is 1. The number of nitrogens with one attached hydrogen (secondary N) is 1. The van der Waals surface area contributed by atoms with Crippen molar-refractivity contribution in [3.05, 3.63) is 59.6 Å². The second-order valence-electron chi connectivity index (χ2n) is 8.76. The van der Waals surface area contributed by atoms with Crippen LogP contribution in [0.25, 0.3) is 11.5 Å². The zero-order valence-electron chi connectivity index (χ0n) is 18.1. The maximum absolute atomic E-state index is 13.1. The highest BCUT2D eigenvalue weighted by atomic mass is 16.5. The van der Waals surface area contributed by atoms with Crippen LogP contribution in [0.3, 0.4) is 0 Å². The Balaban J connectivity index is 1.14. The molecular formula is C24H24N6O3. The summed E-state index contributed by atoms with van der Waals surface area (Å²) in [5.74, 6) is 0.359. The molecule has 1 saturated heterocycles. The maximum Gasteiger partial charge on any atom is 0.255 e. The number of aromatic nitrogens is 3. The van der Waals surface area contributed by atoms with E-state index in [4.69, 9.17) is 4.52 Å². The standard InChI is InChI=1S/C24H24N6O3/c31-23(21-17-5-1-2-6-18(17)24(32)30(21)15-7-8-15)26-14-20-27-22(28-33-20)19-10-9-16(13-25-19)29-11-3-4-12-29/h1-2,5-6,9-10,13,15,21H,3-4,7-8,11-12,14H2,(H,26,31). The molecule has 0 bridgehead atoms. The lowest BCUT2D eigenvalue weighted by Gasteiger charge is -2.24. The van der Waals surface area contributed by atoms with Crippen molar-refractivity contribution in [2.24, 2.45) is 0 Å². The van der Waals surface area contributed by atoms with Gasteiger partial charge in [-0.3, -0.25) is 14.6 Å². The summed E-state index contributed by atoms with van der Waals surface area (Å²) in [6.45, 7) is 2.20. The molecule has 9 nitrogen and oxygen atoms in total. The van der Waals surface area contributed by atoms with Gasteiger partial charge in [-0.1, -0.05) is 23.4 Å². The molecule has 1 aliphatic carbocycles. The van der Waals surface area contributed by atoms with Crippen LogP contribution in [0.1, 0.15) is 53.5 Å². The number of amides is 2. The van der Waals surface area contributed by atoms with E-state index in [0.717, 1.165) is 37.2 Å². The molecule has 4 heterocycles. The van der Waals surface area contributed by atoms with Gasteiger partial charge in [0.1, 0.15) is 11.7 Å². The molecule has 168 valence electrons. The number of nitrogens with zero attached hydrogens (tertiary/aromatic N) is 5. The zero-order chi connectivity index (χ0) is 22.4. The molecule has 3 aromatic rings. The van der Waals surface area contributed by atoms with E-state index in [-0.39, 0.29) is 24.4 Å². The molecule has 3 aliphatic rings. The molecule has 6 rings (SSSR count). The van der Waals surface area contributed by atoms with Crippen molar-refractivity contribution < 1.29 is 14.1 Å². The SMILES string of the molecule is O=C(NCc1nc(-c2ccc(N3CCCC3)cn2)no1)C1c2ccccc2C(=O)N1C1CC1. The van der Waals surface area contributed by atoms with Crippen molar-refractivity contribution in [1.82, 2.24) is 25.3 Å². The molecule has 0 spiro atoms. The van der Waals surface area contributed by atoms with Gasteiger partial charge in [-0.05, 0) is 49.4 Å². The van der Waals surface area contributed by atoms with E-state index in [0.29, 0.717) is 23.0 Å². The maximum atomic E-state index is 13.1. The van der Waals surface area contributed by atoms with Gasteiger partial charge in [0.15, 0.2) is 0 Å². The summed E-state index contributed by atoms with van der Waals surface area (Å²) in [7, 11) is 0. The first-order chi connectivity index (χ1) is 16.2. The average Bonchev–Trinajstić information content (AvgIpc) is 3.25. The number of benzene rings is 1. The first kappa shape index (κ1) is 19.9. The molecule has 0 radical (unpaired) electrons. The van der Waals surface area contributed by atoms with Crippen molar-refractivity contribution in [3.8, 4) is 11.5 Å². The van der Waals surface area contributed by atoms with Crippen molar-refractivity contribution in [1.29, 1.82) is 0 Å². The van der Waals surface area contributed by atoms with Crippen molar-refractivity contribution in [2.75, 3.05) is 18.0 Å². The molecule has 2 aliphatic heterocycles. The first-order valence-corrected chi connectivity index (χ1v) is 11.4. The Morgan fingerprint density at radius 1 is 1.12 bits per heavy atom. The summed E-state index contributed by atoms with van der Waals surface area (Å²) in [5, 5.41) is 6.88. The van der Waals surface area contributed by atoms with Crippen LogP contribution in [0.5, 0.6) is 0 Å². The number of anilines is 1. The Labute approximate surface area is 190 Å². The molecule has 1 unspecified atom stereocenters. The highest BCUT2D eigenvalue weighted by molar-refractivity contribution is 6.05. The Morgan fingerprint density at radius 2 is 1.94 bits per heavy atom. The van der Waals surface area contributed by atoms with Gasteiger partial charge in [0.05, 0.1) is 18.4 Å². The lowest BCUT2D eigenvalue weighted by molar-refractivity contribution is -0.126. The van der Waals surface area contributed by atoms with Crippen LogP contribution in [0.4, 0.5) is 5.69 Å². The highest BCUT2D eigenvalue weighted by Gasteiger charge is 2.47. The molecule has 2 amide bonds. The molecule has 1 N–H and O–H groups in total. The second kappa shape index (κ2) is 7.99. The number of pyridine rings is 1. The fraction of sp³-hybridized carbons (Fsp3) is 0.375. The Kier molecular flexibility index (Phi) is 4.82. The van der Waals surface area contributed by atoms with Gasteiger partial charge in [0.2, 0.25) is 17.6 Å². The van der Waals surface area contributed by atoms with Crippen molar-refractivity contribution >= 4 is 17.5 Å². The summed E-state index contributed by atoms with van der Waals surface area (Å²) in [6, 6.07) is 10.7. The molecule has 1 atom stereocenters. The van der Waals surface area contributed by atoms with Crippen LogP contribution in [0, 0.1) is 0 Å². The van der Waals surface area contributed by atoms with Crippen LogP contribution in [0.2, 0.25) is 0 Å². The lowest BCUT2D eigenvalue weighted by atomic mass is 10.0. The quantitative estimate of drug-likeness (QED) is 0.623. The molecule has 9 heteroatoms. The van der Waals surface area contributed by atoms with E-state index in [1.807, 2.05) is 36.5 Å². The predicted molar refractivity (Wildman–Crippen MR) is 119 cm³/mol. The van der Waals surface area contributed by atoms with Gasteiger partial charge in [-0.15, -0.1) is 0 Å². The molecule has 33 heavy (non-hydrogen) atoms. The third-order valence-electron chi connectivity index (χ3n) is 6.52. The van der Waals surface area contributed by atoms with Gasteiger partial charge in [0.25, 0.3) is 5.91 Å². The zero-order valence-corrected chi connectivity index (χ0v) is 18.1. The third-order valence-corrected chi connectivity index (χ3v) is 6.52. The Bertz CT molecular complexity index is 1200. The molecular weight excluding hydrogens is 420 g/mol. The summed E-state index contributed by atoms with van der Waals surface area (Å²) < 4.78 is 5.33. The summed E-state index contributed by atoms with van der Waals surface area (Å²) in [5.41, 5.74) is 3.07. The lowest BCUT2D eigenvalue weighted by Crippen LogP contribution is -2.40. The monoisotopic (exact) mass is 444 g/mol. The second-order valence-corrected chi connectivity index (χ2v) is 8.76. The number of carbonyl (C=O) groups is 2. The molecule has 2 fully saturated rings. The van der Waals surface area contributed by atoms with Gasteiger partial charge < -0.3 is 19.6 Å². The van der Waals surface area contributed by atoms with Crippen LogP contribution < -0.4 is 10.2 Å². The van der Waals surface area contributed by atoms with Crippen LogP contribution >= 0.6 is 0 Å².